The number of nitrogens with one attached hydrogen (secondary N) is 3. The summed E-state index contributed by atoms with van der Waals surface area (Å²) in [5, 5.41) is 5.62. The Bertz CT molecular complexity index is 991. The van der Waals surface area contributed by atoms with Crippen LogP contribution >= 0.6 is 0 Å². The fraction of sp³-hybridized carbons (Fsp3) is 0.318. The number of ether oxygens (including phenoxy) is 2. The van der Waals surface area contributed by atoms with Crippen LogP contribution in [0.15, 0.2) is 42.5 Å². The van der Waals surface area contributed by atoms with Crippen molar-refractivity contribution in [2.75, 3.05) is 19.5 Å². The molecule has 0 bridgehead atoms. The molecule has 1 aromatic heterocycles. The molecule has 0 saturated carbocycles. The Morgan fingerprint density at radius 1 is 1.10 bits per heavy atom. The molecule has 0 fully saturated rings. The van der Waals surface area contributed by atoms with E-state index in [2.05, 4.69) is 20.6 Å². The molecule has 8 heteroatoms. The molecule has 0 aliphatic rings. The number of amides is 2. The number of fused-ring (bicyclic) bond motifs is 1. The van der Waals surface area contributed by atoms with Crippen molar-refractivity contribution in [2.45, 2.75) is 26.3 Å². The molecule has 8 nitrogen and oxygen atoms in total. The molecule has 30 heavy (non-hydrogen) atoms. The predicted molar refractivity (Wildman–Crippen MR) is 115 cm³/mol. The van der Waals surface area contributed by atoms with E-state index in [1.807, 2.05) is 38.1 Å². The van der Waals surface area contributed by atoms with Gasteiger partial charge in [-0.3, -0.25) is 14.9 Å². The van der Waals surface area contributed by atoms with Crippen molar-refractivity contribution in [1.82, 2.24) is 15.3 Å². The molecule has 0 saturated heterocycles. The lowest BCUT2D eigenvalue weighted by molar-refractivity contribution is -0.119. The quantitative estimate of drug-likeness (QED) is 0.528. The Labute approximate surface area is 175 Å². The molecule has 1 heterocycles. The average Bonchev–Trinajstić information content (AvgIpc) is 3.18. The standard InChI is InChI=1S/C22H26N4O4/c1-5-13(2)19(21(28)26-22-23-17-8-6-7-9-18(17)24-22)25-20(27)14-10-15(29-3)12-16(11-14)30-4/h6-13,19H,5H2,1-4H3,(H,25,27)(H2,23,24,26,28). The molecule has 2 amide bonds. The van der Waals surface area contributed by atoms with Crippen molar-refractivity contribution >= 4 is 28.8 Å². The van der Waals surface area contributed by atoms with E-state index in [-0.39, 0.29) is 11.8 Å². The van der Waals surface area contributed by atoms with Gasteiger partial charge in [0.15, 0.2) is 0 Å². The molecule has 3 N–H and O–H groups in total. The highest BCUT2D eigenvalue weighted by molar-refractivity contribution is 6.01. The van der Waals surface area contributed by atoms with Crippen LogP contribution in [0.4, 0.5) is 5.95 Å². The minimum absolute atomic E-state index is 0.0918. The number of anilines is 1. The molecule has 3 aromatic rings. The third-order valence-electron chi connectivity index (χ3n) is 5.03. The number of para-hydroxylation sites is 2. The molecule has 158 valence electrons. The molecule has 3 rings (SSSR count). The Morgan fingerprint density at radius 3 is 2.37 bits per heavy atom. The molecule has 0 aliphatic heterocycles. The van der Waals surface area contributed by atoms with E-state index in [9.17, 15) is 9.59 Å². The zero-order valence-electron chi connectivity index (χ0n) is 17.5. The van der Waals surface area contributed by atoms with Gasteiger partial charge in [0.2, 0.25) is 11.9 Å². The second-order valence-electron chi connectivity index (χ2n) is 7.03. The highest BCUT2D eigenvalue weighted by atomic mass is 16.5. The molecule has 0 radical (unpaired) electrons. The first kappa shape index (κ1) is 21.2. The van der Waals surface area contributed by atoms with Gasteiger partial charge in [-0.1, -0.05) is 32.4 Å². The summed E-state index contributed by atoms with van der Waals surface area (Å²) >= 11 is 0. The second-order valence-corrected chi connectivity index (χ2v) is 7.03. The predicted octanol–water partition coefficient (Wildman–Crippen LogP) is 3.36. The SMILES string of the molecule is CCC(C)C(NC(=O)c1cc(OC)cc(OC)c1)C(=O)Nc1nc2ccccc2[nH]1. The summed E-state index contributed by atoms with van der Waals surface area (Å²) in [6, 6.07) is 11.6. The Morgan fingerprint density at radius 2 is 1.77 bits per heavy atom. The van der Waals surface area contributed by atoms with Crippen molar-refractivity contribution in [3.05, 3.63) is 48.0 Å². The van der Waals surface area contributed by atoms with Gasteiger partial charge in [-0.05, 0) is 30.2 Å². The molecular formula is C22H26N4O4. The largest absolute Gasteiger partial charge is 0.497 e. The lowest BCUT2D eigenvalue weighted by Crippen LogP contribution is -2.47. The Balaban J connectivity index is 1.80. The molecule has 0 aliphatic carbocycles. The van der Waals surface area contributed by atoms with E-state index in [1.165, 1.54) is 14.2 Å². The lowest BCUT2D eigenvalue weighted by Gasteiger charge is -2.23. The van der Waals surface area contributed by atoms with Crippen molar-refractivity contribution in [1.29, 1.82) is 0 Å². The van der Waals surface area contributed by atoms with Gasteiger partial charge in [0.25, 0.3) is 5.91 Å². The van der Waals surface area contributed by atoms with Crippen LogP contribution in [0.25, 0.3) is 11.0 Å². The number of aromatic amines is 1. The smallest absolute Gasteiger partial charge is 0.252 e. The number of aromatic nitrogens is 2. The summed E-state index contributed by atoms with van der Waals surface area (Å²) in [7, 11) is 3.03. The van der Waals surface area contributed by atoms with Crippen LogP contribution < -0.4 is 20.1 Å². The monoisotopic (exact) mass is 410 g/mol. The number of H-pyrrole nitrogens is 1. The average molecular weight is 410 g/mol. The Kier molecular flexibility index (Phi) is 6.56. The molecule has 2 unspecified atom stereocenters. The van der Waals surface area contributed by atoms with E-state index >= 15 is 0 Å². The van der Waals surface area contributed by atoms with Crippen LogP contribution in [0.2, 0.25) is 0 Å². The van der Waals surface area contributed by atoms with E-state index < -0.39 is 11.9 Å². The van der Waals surface area contributed by atoms with Crippen LogP contribution in [-0.2, 0) is 4.79 Å². The highest BCUT2D eigenvalue weighted by Crippen LogP contribution is 2.23. The second kappa shape index (κ2) is 9.30. The maximum atomic E-state index is 13.0. The van der Waals surface area contributed by atoms with Crippen molar-refractivity contribution in [3.63, 3.8) is 0 Å². The Hall–Kier alpha value is -3.55. The number of benzene rings is 2. The number of rotatable bonds is 8. The minimum Gasteiger partial charge on any atom is -0.497 e. The van der Waals surface area contributed by atoms with Crippen molar-refractivity contribution < 1.29 is 19.1 Å². The first-order valence-electron chi connectivity index (χ1n) is 9.74. The maximum Gasteiger partial charge on any atom is 0.252 e. The number of carbonyl (C=O) groups excluding carboxylic acids is 2. The molecule has 2 aromatic carbocycles. The zero-order valence-corrected chi connectivity index (χ0v) is 17.5. The highest BCUT2D eigenvalue weighted by Gasteiger charge is 2.27. The van der Waals surface area contributed by atoms with Gasteiger partial charge >= 0.3 is 0 Å². The molecule has 0 spiro atoms. The third-order valence-corrected chi connectivity index (χ3v) is 5.03. The summed E-state index contributed by atoms with van der Waals surface area (Å²) in [5.41, 5.74) is 1.91. The summed E-state index contributed by atoms with van der Waals surface area (Å²) in [6.45, 7) is 3.88. The van der Waals surface area contributed by atoms with Crippen LogP contribution in [0.1, 0.15) is 30.6 Å². The number of nitrogens with zero attached hydrogens (tertiary/aromatic N) is 1. The molecule has 2 atom stereocenters. The first-order valence-corrected chi connectivity index (χ1v) is 9.74. The van der Waals surface area contributed by atoms with Crippen molar-refractivity contribution in [2.24, 2.45) is 5.92 Å². The summed E-state index contributed by atoms with van der Waals surface area (Å²) < 4.78 is 10.4. The summed E-state index contributed by atoms with van der Waals surface area (Å²) in [4.78, 5) is 33.3. The van der Waals surface area contributed by atoms with Crippen molar-refractivity contribution in [3.8, 4) is 11.5 Å². The fourth-order valence-electron chi connectivity index (χ4n) is 3.07. The fourth-order valence-corrected chi connectivity index (χ4v) is 3.07. The minimum atomic E-state index is -0.743. The topological polar surface area (TPSA) is 105 Å². The third kappa shape index (κ3) is 4.71. The number of imidazole rings is 1. The van der Waals surface area contributed by atoms with Crippen LogP contribution in [0.3, 0.4) is 0 Å². The van der Waals surface area contributed by atoms with Gasteiger partial charge in [0.1, 0.15) is 17.5 Å². The van der Waals surface area contributed by atoms with E-state index in [0.29, 0.717) is 29.4 Å². The van der Waals surface area contributed by atoms with Gasteiger partial charge in [0, 0.05) is 11.6 Å². The van der Waals surface area contributed by atoms with Gasteiger partial charge in [-0.15, -0.1) is 0 Å². The number of carbonyl (C=O) groups is 2. The molecular weight excluding hydrogens is 384 g/mol. The summed E-state index contributed by atoms with van der Waals surface area (Å²) in [5.74, 6) is 0.499. The van der Waals surface area contributed by atoms with Gasteiger partial charge in [-0.2, -0.15) is 0 Å². The van der Waals surface area contributed by atoms with E-state index in [1.54, 1.807) is 18.2 Å². The normalized spacial score (nSPS) is 12.8. The van der Waals surface area contributed by atoms with Crippen LogP contribution in [0, 0.1) is 5.92 Å². The first-order chi connectivity index (χ1) is 14.4. The van der Waals surface area contributed by atoms with Gasteiger partial charge in [0.05, 0.1) is 25.3 Å². The van der Waals surface area contributed by atoms with Crippen LogP contribution in [0.5, 0.6) is 11.5 Å². The maximum absolute atomic E-state index is 13.0. The lowest BCUT2D eigenvalue weighted by atomic mass is 9.98. The van der Waals surface area contributed by atoms with E-state index in [0.717, 1.165) is 11.0 Å². The van der Waals surface area contributed by atoms with Gasteiger partial charge < -0.3 is 19.8 Å². The number of hydrogen-bond acceptors (Lipinski definition) is 5. The van der Waals surface area contributed by atoms with Crippen LogP contribution in [-0.4, -0.2) is 42.0 Å². The van der Waals surface area contributed by atoms with Gasteiger partial charge in [-0.25, -0.2) is 4.98 Å². The number of methoxy groups -OCH3 is 2. The zero-order chi connectivity index (χ0) is 21.7. The van der Waals surface area contributed by atoms with E-state index in [4.69, 9.17) is 9.47 Å². The summed E-state index contributed by atoms with van der Waals surface area (Å²) in [6.07, 6.45) is 0.708. The number of hydrogen-bond donors (Lipinski definition) is 3.